The molecule has 0 aromatic carbocycles. The Morgan fingerprint density at radius 3 is 1.20 bits per heavy atom. The van der Waals surface area contributed by atoms with Crippen LogP contribution in [0, 0.1) is 5.92 Å². The number of unbranched alkanes of at least 4 members (excludes halogenated alkanes) is 26. The largest absolute Gasteiger partial charge is 0.466 e. The van der Waals surface area contributed by atoms with E-state index in [-0.39, 0.29) is 5.97 Å². The van der Waals surface area contributed by atoms with Gasteiger partial charge in [-0.3, -0.25) is 9.59 Å². The average Bonchev–Trinajstić information content (AvgIpc) is 3.02. The van der Waals surface area contributed by atoms with Crippen molar-refractivity contribution in [2.45, 2.75) is 239 Å². The van der Waals surface area contributed by atoms with Crippen molar-refractivity contribution >= 4 is 11.8 Å². The quantitative estimate of drug-likeness (QED) is 0.0512. The van der Waals surface area contributed by atoms with Gasteiger partial charge in [-0.05, 0) is 25.2 Å². The molecule has 262 valence electrons. The van der Waals surface area contributed by atoms with Crippen LogP contribution in [0.3, 0.4) is 0 Å². The molecule has 0 bridgehead atoms. The molecule has 0 aromatic rings. The summed E-state index contributed by atoms with van der Waals surface area (Å²) in [6.45, 7) is 7.36. The van der Waals surface area contributed by atoms with Crippen LogP contribution in [-0.4, -0.2) is 18.4 Å². The van der Waals surface area contributed by atoms with E-state index in [2.05, 4.69) is 20.8 Å². The maximum atomic E-state index is 12.7. The van der Waals surface area contributed by atoms with E-state index in [4.69, 9.17) is 4.74 Å². The summed E-state index contributed by atoms with van der Waals surface area (Å²) in [5.41, 5.74) is 0. The molecule has 0 radical (unpaired) electrons. The van der Waals surface area contributed by atoms with Gasteiger partial charge >= 0.3 is 5.97 Å². The molecule has 3 nitrogen and oxygen atoms in total. The Bertz CT molecular complexity index is 586. The van der Waals surface area contributed by atoms with Crippen molar-refractivity contribution in [3.8, 4) is 0 Å². The maximum Gasteiger partial charge on any atom is 0.305 e. The van der Waals surface area contributed by atoms with Crippen LogP contribution < -0.4 is 0 Å². The summed E-state index contributed by atoms with van der Waals surface area (Å²) in [6.07, 6.45) is 41.8. The van der Waals surface area contributed by atoms with Crippen molar-refractivity contribution in [2.24, 2.45) is 5.92 Å². The molecule has 0 fully saturated rings. The number of esters is 1. The molecule has 0 saturated carbocycles. The van der Waals surface area contributed by atoms with Gasteiger partial charge in [-0.1, -0.05) is 201 Å². The SMILES string of the molecule is CCCCCCCCCCCCCCCCOC(=O)CCC(CCCCCCCCCCCC)CC(=O)CCCCCCC. The summed E-state index contributed by atoms with van der Waals surface area (Å²) in [5.74, 6) is 0.704. The molecule has 0 aliphatic rings. The molecule has 1 atom stereocenters. The summed E-state index contributed by atoms with van der Waals surface area (Å²) < 4.78 is 5.59. The molecule has 0 aliphatic carbocycles. The summed E-state index contributed by atoms with van der Waals surface area (Å²) in [6, 6.07) is 0. The minimum absolute atomic E-state index is 0.0558. The predicted molar refractivity (Wildman–Crippen MR) is 193 cm³/mol. The highest BCUT2D eigenvalue weighted by Crippen LogP contribution is 2.23. The van der Waals surface area contributed by atoms with Crippen LogP contribution in [0.5, 0.6) is 0 Å². The fourth-order valence-electron chi connectivity index (χ4n) is 6.50. The molecule has 0 heterocycles. The number of carbonyl (C=O) groups is 2. The van der Waals surface area contributed by atoms with E-state index in [1.165, 1.54) is 173 Å². The molecular formula is C41H80O3. The molecule has 1 unspecified atom stereocenters. The number of Topliss-reactive ketones (excluding diaryl/α,β-unsaturated/α-hetero) is 1. The predicted octanol–water partition coefficient (Wildman–Crippen LogP) is 14.0. The second kappa shape index (κ2) is 36.6. The summed E-state index contributed by atoms with van der Waals surface area (Å²) >= 11 is 0. The van der Waals surface area contributed by atoms with E-state index < -0.39 is 0 Å². The lowest BCUT2D eigenvalue weighted by Crippen LogP contribution is -2.13. The van der Waals surface area contributed by atoms with E-state index in [9.17, 15) is 9.59 Å². The second-order valence-corrected chi connectivity index (χ2v) is 14.1. The summed E-state index contributed by atoms with van der Waals surface area (Å²) in [7, 11) is 0. The van der Waals surface area contributed by atoms with Gasteiger partial charge in [0.2, 0.25) is 0 Å². The average molecular weight is 621 g/mol. The number of ketones is 1. The molecule has 0 saturated heterocycles. The standard InChI is InChI=1S/C41H80O3/c1-4-7-10-13-15-17-19-20-21-22-24-26-29-32-37-44-41(43)36-35-39(38-40(42)34-31-27-12-9-6-3)33-30-28-25-23-18-16-14-11-8-5-2/h39H,4-38H2,1-3H3. The van der Waals surface area contributed by atoms with Gasteiger partial charge in [0.05, 0.1) is 6.61 Å². The van der Waals surface area contributed by atoms with Crippen molar-refractivity contribution in [3.05, 3.63) is 0 Å². The summed E-state index contributed by atoms with van der Waals surface area (Å²) in [5, 5.41) is 0. The number of hydrogen-bond acceptors (Lipinski definition) is 3. The third-order valence-electron chi connectivity index (χ3n) is 9.56. The molecule has 0 rings (SSSR count). The van der Waals surface area contributed by atoms with Crippen molar-refractivity contribution in [1.29, 1.82) is 0 Å². The number of hydrogen-bond donors (Lipinski definition) is 0. The van der Waals surface area contributed by atoms with Crippen molar-refractivity contribution in [3.63, 3.8) is 0 Å². The number of rotatable bonds is 37. The zero-order valence-electron chi connectivity index (χ0n) is 30.6. The minimum Gasteiger partial charge on any atom is -0.466 e. The first-order valence-corrected chi connectivity index (χ1v) is 20.3. The van der Waals surface area contributed by atoms with Gasteiger partial charge in [0, 0.05) is 19.3 Å². The van der Waals surface area contributed by atoms with E-state index >= 15 is 0 Å². The lowest BCUT2D eigenvalue weighted by atomic mass is 9.89. The fraction of sp³-hybridized carbons (Fsp3) is 0.951. The first-order chi connectivity index (χ1) is 21.6. The Hall–Kier alpha value is -0.860. The lowest BCUT2D eigenvalue weighted by molar-refractivity contribution is -0.144. The van der Waals surface area contributed by atoms with Crippen LogP contribution in [0.15, 0.2) is 0 Å². The van der Waals surface area contributed by atoms with Crippen molar-refractivity contribution in [2.75, 3.05) is 6.61 Å². The van der Waals surface area contributed by atoms with Gasteiger partial charge in [-0.2, -0.15) is 0 Å². The molecule has 0 aromatic heterocycles. The highest BCUT2D eigenvalue weighted by molar-refractivity contribution is 5.78. The van der Waals surface area contributed by atoms with Crippen LogP contribution in [0.2, 0.25) is 0 Å². The Kier molecular flexibility index (Phi) is 35.9. The highest BCUT2D eigenvalue weighted by atomic mass is 16.5. The van der Waals surface area contributed by atoms with Crippen LogP contribution >= 0.6 is 0 Å². The monoisotopic (exact) mass is 621 g/mol. The van der Waals surface area contributed by atoms with E-state index in [0.29, 0.717) is 31.1 Å². The van der Waals surface area contributed by atoms with Crippen molar-refractivity contribution in [1.82, 2.24) is 0 Å². The van der Waals surface area contributed by atoms with Gasteiger partial charge < -0.3 is 4.74 Å². The molecule has 0 N–H and O–H groups in total. The first-order valence-electron chi connectivity index (χ1n) is 20.3. The minimum atomic E-state index is -0.0558. The molecule has 0 spiro atoms. The smallest absolute Gasteiger partial charge is 0.305 e. The normalized spacial score (nSPS) is 12.1. The molecule has 44 heavy (non-hydrogen) atoms. The van der Waals surface area contributed by atoms with Gasteiger partial charge in [-0.15, -0.1) is 0 Å². The fourth-order valence-corrected chi connectivity index (χ4v) is 6.50. The zero-order chi connectivity index (χ0) is 32.2. The Labute approximate surface area is 277 Å². The van der Waals surface area contributed by atoms with Gasteiger partial charge in [0.25, 0.3) is 0 Å². The van der Waals surface area contributed by atoms with E-state index in [1.807, 2.05) is 0 Å². The molecule has 0 amide bonds. The number of carbonyl (C=O) groups excluding carboxylic acids is 2. The second-order valence-electron chi connectivity index (χ2n) is 14.1. The van der Waals surface area contributed by atoms with Gasteiger partial charge in [0.15, 0.2) is 0 Å². The lowest BCUT2D eigenvalue weighted by Gasteiger charge is -2.16. The third kappa shape index (κ3) is 34.0. The maximum absolute atomic E-state index is 12.7. The van der Waals surface area contributed by atoms with Gasteiger partial charge in [-0.25, -0.2) is 0 Å². The van der Waals surface area contributed by atoms with Gasteiger partial charge in [0.1, 0.15) is 5.78 Å². The summed E-state index contributed by atoms with van der Waals surface area (Å²) in [4.78, 5) is 25.2. The van der Waals surface area contributed by atoms with Crippen LogP contribution in [0.1, 0.15) is 239 Å². The first kappa shape index (κ1) is 43.1. The van der Waals surface area contributed by atoms with Crippen LogP contribution in [0.25, 0.3) is 0 Å². The third-order valence-corrected chi connectivity index (χ3v) is 9.56. The molecule has 3 heteroatoms. The Morgan fingerprint density at radius 2 is 0.773 bits per heavy atom. The Balaban J connectivity index is 4.00. The number of ether oxygens (including phenoxy) is 1. The molecule has 0 aliphatic heterocycles. The Morgan fingerprint density at radius 1 is 0.409 bits per heavy atom. The molecular weight excluding hydrogens is 540 g/mol. The zero-order valence-corrected chi connectivity index (χ0v) is 30.6. The van der Waals surface area contributed by atoms with Crippen molar-refractivity contribution < 1.29 is 14.3 Å². The topological polar surface area (TPSA) is 43.4 Å². The highest BCUT2D eigenvalue weighted by Gasteiger charge is 2.16. The van der Waals surface area contributed by atoms with Crippen LogP contribution in [0.4, 0.5) is 0 Å². The van der Waals surface area contributed by atoms with E-state index in [0.717, 1.165) is 32.1 Å². The van der Waals surface area contributed by atoms with Crippen LogP contribution in [-0.2, 0) is 14.3 Å². The van der Waals surface area contributed by atoms with E-state index in [1.54, 1.807) is 0 Å².